The van der Waals surface area contributed by atoms with Gasteiger partial charge in [0.2, 0.25) is 5.91 Å². The van der Waals surface area contributed by atoms with Crippen molar-refractivity contribution in [1.29, 1.82) is 0 Å². The number of hydrogen-bond acceptors (Lipinski definition) is 2. The van der Waals surface area contributed by atoms with Crippen LogP contribution in [0.3, 0.4) is 0 Å². The topological polar surface area (TPSA) is 28.5 Å². The maximum absolute atomic E-state index is 13.2. The zero-order valence-corrected chi connectivity index (χ0v) is 16.4. The number of likely N-dealkylation sites (N-methyl/N-ethyl adjacent to an activating group) is 1. The van der Waals surface area contributed by atoms with E-state index >= 15 is 0 Å². The summed E-state index contributed by atoms with van der Waals surface area (Å²) in [4.78, 5) is 17.8. The van der Waals surface area contributed by atoms with Crippen molar-refractivity contribution in [1.82, 2.24) is 14.4 Å². The van der Waals surface area contributed by atoms with Crippen LogP contribution in [0.2, 0.25) is 0 Å². The van der Waals surface area contributed by atoms with E-state index in [-0.39, 0.29) is 6.04 Å². The highest BCUT2D eigenvalue weighted by atomic mass is 16.2. The first-order chi connectivity index (χ1) is 13.3. The largest absolute Gasteiger partial charge is 0.348 e. The second-order valence-electron chi connectivity index (χ2n) is 7.88. The molecule has 0 bridgehead atoms. The first kappa shape index (κ1) is 18.3. The van der Waals surface area contributed by atoms with Crippen molar-refractivity contribution in [2.24, 2.45) is 0 Å². The van der Waals surface area contributed by atoms with Gasteiger partial charge in [0.15, 0.2) is 0 Å². The molecule has 0 N–H and O–H groups in total. The van der Waals surface area contributed by atoms with Gasteiger partial charge in [-0.25, -0.2) is 0 Å². The number of hydrogen-bond donors (Lipinski definition) is 0. The van der Waals surface area contributed by atoms with E-state index in [4.69, 9.17) is 0 Å². The summed E-state index contributed by atoms with van der Waals surface area (Å²) in [6.45, 7) is 5.32. The molecular formula is C23H31N3O. The molecule has 1 aliphatic heterocycles. The fraction of sp³-hybridized carbons (Fsp3) is 0.522. The highest BCUT2D eigenvalue weighted by Gasteiger charge is 2.32. The van der Waals surface area contributed by atoms with Gasteiger partial charge >= 0.3 is 0 Å². The van der Waals surface area contributed by atoms with Gasteiger partial charge in [-0.05, 0) is 37.5 Å². The summed E-state index contributed by atoms with van der Waals surface area (Å²) in [7, 11) is 0. The molecule has 1 atom stereocenters. The maximum Gasteiger partial charge on any atom is 0.237 e. The van der Waals surface area contributed by atoms with Gasteiger partial charge in [0.25, 0.3) is 0 Å². The summed E-state index contributed by atoms with van der Waals surface area (Å²) >= 11 is 0. The number of nitrogens with zero attached hydrogens (tertiary/aromatic N) is 3. The van der Waals surface area contributed by atoms with Gasteiger partial charge in [-0.2, -0.15) is 0 Å². The van der Waals surface area contributed by atoms with E-state index < -0.39 is 0 Å². The minimum atomic E-state index is 0.156. The van der Waals surface area contributed by atoms with E-state index in [1.165, 1.54) is 43.4 Å². The molecule has 1 saturated carbocycles. The van der Waals surface area contributed by atoms with Crippen LogP contribution in [0.15, 0.2) is 48.7 Å². The van der Waals surface area contributed by atoms with E-state index in [9.17, 15) is 4.79 Å². The van der Waals surface area contributed by atoms with Gasteiger partial charge in [0.1, 0.15) is 0 Å². The first-order valence-electron chi connectivity index (χ1n) is 10.5. The van der Waals surface area contributed by atoms with E-state index in [1.807, 2.05) is 0 Å². The molecule has 144 valence electrons. The number of rotatable bonds is 5. The molecule has 1 aromatic heterocycles. The molecule has 1 aliphatic carbocycles. The highest BCUT2D eigenvalue weighted by Crippen LogP contribution is 2.32. The van der Waals surface area contributed by atoms with Gasteiger partial charge in [-0.15, -0.1) is 0 Å². The van der Waals surface area contributed by atoms with Crippen LogP contribution in [0, 0.1) is 0 Å². The molecule has 1 aromatic carbocycles. The summed E-state index contributed by atoms with van der Waals surface area (Å²) in [6, 6.07) is 15.5. The summed E-state index contributed by atoms with van der Waals surface area (Å²) in [5.74, 6) is 0.297. The molecule has 2 aromatic rings. The van der Waals surface area contributed by atoms with Crippen LogP contribution in [0.5, 0.6) is 0 Å². The van der Waals surface area contributed by atoms with Crippen LogP contribution in [0.25, 0.3) is 0 Å². The summed E-state index contributed by atoms with van der Waals surface area (Å²) in [6.07, 6.45) is 8.35. The number of benzene rings is 1. The molecular weight excluding hydrogens is 334 g/mol. The van der Waals surface area contributed by atoms with Crippen molar-refractivity contribution >= 4 is 5.91 Å². The van der Waals surface area contributed by atoms with Crippen molar-refractivity contribution < 1.29 is 4.79 Å². The number of carbonyl (C=O) groups is 1. The van der Waals surface area contributed by atoms with Crippen LogP contribution in [-0.4, -0.2) is 46.0 Å². The Morgan fingerprint density at radius 1 is 1.04 bits per heavy atom. The third-order valence-electron chi connectivity index (χ3n) is 6.27. The number of fused-ring (bicyclic) bond motifs is 1. The number of amides is 1. The average Bonchev–Trinajstić information content (AvgIpc) is 3.18. The highest BCUT2D eigenvalue weighted by molar-refractivity contribution is 5.78. The Morgan fingerprint density at radius 2 is 1.81 bits per heavy atom. The first-order valence-corrected chi connectivity index (χ1v) is 10.5. The molecule has 0 radical (unpaired) electrons. The normalized spacial score (nSPS) is 21.0. The van der Waals surface area contributed by atoms with Crippen LogP contribution in [0.4, 0.5) is 0 Å². The lowest BCUT2D eigenvalue weighted by Crippen LogP contribution is -2.49. The standard InChI is InChI=1S/C23H31N3O/c1-2-26(20-12-7-4-8-13-20)22(27)18-25-17-16-24-15-9-14-21(24)23(25)19-10-5-3-6-11-19/h3,5-6,9-11,14-15,20,23H,2,4,7-8,12-13,16-18H2,1H3. The van der Waals surface area contributed by atoms with Gasteiger partial charge in [-0.3, -0.25) is 9.69 Å². The molecule has 1 amide bonds. The van der Waals surface area contributed by atoms with Crippen LogP contribution in [-0.2, 0) is 11.3 Å². The molecule has 4 rings (SSSR count). The smallest absolute Gasteiger partial charge is 0.237 e. The van der Waals surface area contributed by atoms with Crippen molar-refractivity contribution in [2.75, 3.05) is 19.6 Å². The molecule has 27 heavy (non-hydrogen) atoms. The van der Waals surface area contributed by atoms with Crippen molar-refractivity contribution in [3.05, 3.63) is 59.9 Å². The lowest BCUT2D eigenvalue weighted by atomic mass is 9.94. The predicted octanol–water partition coefficient (Wildman–Crippen LogP) is 4.07. The molecule has 4 nitrogen and oxygen atoms in total. The zero-order valence-electron chi connectivity index (χ0n) is 16.4. The Kier molecular flexibility index (Phi) is 5.63. The van der Waals surface area contributed by atoms with Crippen molar-refractivity contribution in [2.45, 2.75) is 57.7 Å². The molecule has 1 fully saturated rings. The van der Waals surface area contributed by atoms with Crippen molar-refractivity contribution in [3.63, 3.8) is 0 Å². The second kappa shape index (κ2) is 8.30. The summed E-state index contributed by atoms with van der Waals surface area (Å²) in [5.41, 5.74) is 2.56. The second-order valence-corrected chi connectivity index (χ2v) is 7.88. The molecule has 1 unspecified atom stereocenters. The molecule has 0 saturated heterocycles. The Morgan fingerprint density at radius 3 is 2.56 bits per heavy atom. The lowest BCUT2D eigenvalue weighted by Gasteiger charge is -2.39. The van der Waals surface area contributed by atoms with E-state index in [0.717, 1.165) is 19.6 Å². The average molecular weight is 366 g/mol. The Labute approximate surface area is 162 Å². The summed E-state index contributed by atoms with van der Waals surface area (Å²) < 4.78 is 2.33. The Balaban J connectivity index is 1.55. The predicted molar refractivity (Wildman–Crippen MR) is 109 cm³/mol. The fourth-order valence-corrected chi connectivity index (χ4v) is 4.91. The van der Waals surface area contributed by atoms with Crippen molar-refractivity contribution in [3.8, 4) is 0 Å². The lowest BCUT2D eigenvalue weighted by molar-refractivity contribution is -0.135. The number of aromatic nitrogens is 1. The summed E-state index contributed by atoms with van der Waals surface area (Å²) in [5, 5.41) is 0. The quantitative estimate of drug-likeness (QED) is 0.799. The minimum Gasteiger partial charge on any atom is -0.348 e. The third-order valence-corrected chi connectivity index (χ3v) is 6.27. The third kappa shape index (κ3) is 3.81. The van der Waals surface area contributed by atoms with E-state index in [0.29, 0.717) is 18.5 Å². The fourth-order valence-electron chi connectivity index (χ4n) is 4.91. The number of carbonyl (C=O) groups excluding carboxylic acids is 1. The Hall–Kier alpha value is -2.07. The van der Waals surface area contributed by atoms with Gasteiger partial charge in [0.05, 0.1) is 12.6 Å². The van der Waals surface area contributed by atoms with Gasteiger partial charge < -0.3 is 9.47 Å². The van der Waals surface area contributed by atoms with Crippen LogP contribution >= 0.6 is 0 Å². The molecule has 2 aliphatic rings. The van der Waals surface area contributed by atoms with Gasteiger partial charge in [-0.1, -0.05) is 49.6 Å². The maximum atomic E-state index is 13.2. The monoisotopic (exact) mass is 365 g/mol. The van der Waals surface area contributed by atoms with Gasteiger partial charge in [0, 0.05) is 37.6 Å². The Bertz CT molecular complexity index is 748. The van der Waals surface area contributed by atoms with Crippen LogP contribution in [0.1, 0.15) is 56.3 Å². The molecule has 4 heteroatoms. The molecule has 0 spiro atoms. The van der Waals surface area contributed by atoms with E-state index in [1.54, 1.807) is 0 Å². The zero-order chi connectivity index (χ0) is 18.6. The minimum absolute atomic E-state index is 0.156. The van der Waals surface area contributed by atoms with Crippen LogP contribution < -0.4 is 0 Å². The molecule has 2 heterocycles. The SMILES string of the molecule is CCN(C(=O)CN1CCn2cccc2C1c1ccccc1)C1CCCCC1. The van der Waals surface area contributed by atoms with E-state index in [2.05, 4.69) is 70.0 Å².